The number of rotatable bonds is 3. The Kier molecular flexibility index (Phi) is 3.83. The van der Waals surface area contributed by atoms with Gasteiger partial charge in [0.25, 0.3) is 0 Å². The van der Waals surface area contributed by atoms with Crippen LogP contribution < -0.4 is 5.46 Å². The molecule has 0 amide bonds. The van der Waals surface area contributed by atoms with Crippen LogP contribution in [0, 0.1) is 0 Å². The Hall–Kier alpha value is -3.08. The molecule has 1 aromatic heterocycles. The summed E-state index contributed by atoms with van der Waals surface area (Å²) in [5.74, 6) is 0. The highest BCUT2D eigenvalue weighted by molar-refractivity contribution is 6.63. The molecule has 32 heavy (non-hydrogen) atoms. The lowest BCUT2D eigenvalue weighted by Crippen LogP contribution is -2.41. The third kappa shape index (κ3) is 2.39. The van der Waals surface area contributed by atoms with Crippen LogP contribution in [-0.4, -0.2) is 18.3 Å². The molecule has 0 spiro atoms. The third-order valence-corrected chi connectivity index (χ3v) is 7.39. The number of hydrogen-bond donors (Lipinski definition) is 0. The first-order valence-corrected chi connectivity index (χ1v) is 11.0. The predicted molar refractivity (Wildman–Crippen MR) is 136 cm³/mol. The molecule has 158 valence electrons. The van der Waals surface area contributed by atoms with Crippen molar-refractivity contribution < 1.29 is 13.7 Å². The summed E-state index contributed by atoms with van der Waals surface area (Å²) in [5, 5.41) is 6.72. The minimum absolute atomic E-state index is 0.412. The summed E-state index contributed by atoms with van der Waals surface area (Å²) in [6.07, 6.45) is 3.83. The number of fused-ring (bicyclic) bond motifs is 2. The number of hydrogen-bond acceptors (Lipinski definition) is 3. The lowest BCUT2D eigenvalue weighted by atomic mass is 9.77. The summed E-state index contributed by atoms with van der Waals surface area (Å²) in [7, 11) is -0.467. The molecule has 2 heterocycles. The van der Waals surface area contributed by atoms with Gasteiger partial charge in [-0.25, -0.2) is 0 Å². The Labute approximate surface area is 187 Å². The van der Waals surface area contributed by atoms with E-state index in [1.165, 1.54) is 0 Å². The van der Waals surface area contributed by atoms with Crippen molar-refractivity contribution in [3.63, 3.8) is 0 Å². The molecule has 6 rings (SSSR count). The third-order valence-electron chi connectivity index (χ3n) is 7.39. The lowest BCUT2D eigenvalue weighted by Gasteiger charge is -2.32. The van der Waals surface area contributed by atoms with Gasteiger partial charge in [0.1, 0.15) is 11.2 Å². The molecule has 4 aromatic carbocycles. The summed E-state index contributed by atoms with van der Waals surface area (Å²) in [6.45, 7) is 16.5. The minimum Gasteiger partial charge on any atom is -0.455 e. The van der Waals surface area contributed by atoms with Gasteiger partial charge in [0, 0.05) is 16.2 Å². The Morgan fingerprint density at radius 2 is 1.41 bits per heavy atom. The molecule has 3 nitrogen and oxygen atoms in total. The predicted octanol–water partition coefficient (Wildman–Crippen LogP) is 6.92. The zero-order chi connectivity index (χ0) is 22.4. The van der Waals surface area contributed by atoms with Gasteiger partial charge >= 0.3 is 7.12 Å². The highest BCUT2D eigenvalue weighted by Crippen LogP contribution is 2.45. The number of furan rings is 1. The molecule has 0 unspecified atom stereocenters. The van der Waals surface area contributed by atoms with Crippen LogP contribution in [0.15, 0.2) is 60.0 Å². The van der Waals surface area contributed by atoms with Crippen molar-refractivity contribution >= 4 is 68.2 Å². The normalized spacial score (nSPS) is 17.8. The van der Waals surface area contributed by atoms with Gasteiger partial charge in [0.15, 0.2) is 0 Å². The van der Waals surface area contributed by atoms with E-state index < -0.39 is 18.3 Å². The van der Waals surface area contributed by atoms with E-state index in [1.807, 2.05) is 12.2 Å². The molecule has 4 heteroatoms. The molecule has 5 aromatic rings. The second-order valence-electron chi connectivity index (χ2n) is 9.72. The van der Waals surface area contributed by atoms with Gasteiger partial charge in [-0.05, 0) is 72.6 Å². The van der Waals surface area contributed by atoms with Gasteiger partial charge in [-0.2, -0.15) is 0 Å². The van der Waals surface area contributed by atoms with Gasteiger partial charge in [0.2, 0.25) is 0 Å². The Morgan fingerprint density at radius 3 is 2.06 bits per heavy atom. The highest BCUT2D eigenvalue weighted by Gasteiger charge is 2.51. The molecule has 0 aliphatic carbocycles. The zero-order valence-corrected chi connectivity index (χ0v) is 18.9. The van der Waals surface area contributed by atoms with E-state index >= 15 is 0 Å². The standard InChI is InChI=1S/C28H25BO3/c1-7-18-19(8-2)22-14-17(29-31-27(3,4)28(5,6)32-29)15-23-24(22)25-21(18)13-16-11-9-10-12-20(16)26(25)30-23/h7-15H,1-2H2,3-6H3. The molecular weight excluding hydrogens is 395 g/mol. The fourth-order valence-electron chi connectivity index (χ4n) is 5.02. The first kappa shape index (κ1) is 19.6. The Bertz CT molecular complexity index is 1550. The minimum atomic E-state index is -0.467. The largest absolute Gasteiger partial charge is 0.494 e. The summed E-state index contributed by atoms with van der Waals surface area (Å²) in [5.41, 5.74) is 3.98. The quantitative estimate of drug-likeness (QED) is 0.180. The van der Waals surface area contributed by atoms with Crippen molar-refractivity contribution in [1.29, 1.82) is 0 Å². The Balaban J connectivity index is 1.75. The van der Waals surface area contributed by atoms with Crippen molar-refractivity contribution in [2.45, 2.75) is 38.9 Å². The second-order valence-corrected chi connectivity index (χ2v) is 9.72. The van der Waals surface area contributed by atoms with E-state index in [2.05, 4.69) is 83.3 Å². The average Bonchev–Trinajstić information content (AvgIpc) is 3.25. The molecular formula is C28H25BO3. The highest BCUT2D eigenvalue weighted by atomic mass is 16.7. The SMILES string of the molecule is C=Cc1c(C=C)c2cc3ccccc3c3oc4cc(B5OC(C)(C)C(C)(C)O5)cc1c4c23. The number of benzene rings is 4. The van der Waals surface area contributed by atoms with E-state index in [0.29, 0.717) is 0 Å². The van der Waals surface area contributed by atoms with E-state index in [1.54, 1.807) is 0 Å². The van der Waals surface area contributed by atoms with Crippen LogP contribution in [0.3, 0.4) is 0 Å². The van der Waals surface area contributed by atoms with Gasteiger partial charge in [-0.3, -0.25) is 0 Å². The van der Waals surface area contributed by atoms with Crippen LogP contribution in [0.25, 0.3) is 55.6 Å². The molecule has 1 aliphatic rings. The van der Waals surface area contributed by atoms with Crippen LogP contribution in [0.4, 0.5) is 0 Å². The fraction of sp³-hybridized carbons (Fsp3) is 0.214. The van der Waals surface area contributed by atoms with Gasteiger partial charge in [-0.15, -0.1) is 0 Å². The van der Waals surface area contributed by atoms with Crippen LogP contribution in [0.2, 0.25) is 0 Å². The fourth-order valence-corrected chi connectivity index (χ4v) is 5.02. The van der Waals surface area contributed by atoms with Gasteiger partial charge in [-0.1, -0.05) is 55.6 Å². The molecule has 1 fully saturated rings. The maximum absolute atomic E-state index is 6.55. The monoisotopic (exact) mass is 420 g/mol. The van der Waals surface area contributed by atoms with Gasteiger partial charge in [0.05, 0.1) is 11.2 Å². The van der Waals surface area contributed by atoms with E-state index in [0.717, 1.165) is 60.1 Å². The topological polar surface area (TPSA) is 31.6 Å². The molecule has 0 radical (unpaired) electrons. The molecule has 0 atom stereocenters. The van der Waals surface area contributed by atoms with Crippen molar-refractivity contribution in [1.82, 2.24) is 0 Å². The molecule has 0 bridgehead atoms. The molecule has 0 saturated carbocycles. The van der Waals surface area contributed by atoms with Crippen LogP contribution in [0.1, 0.15) is 38.8 Å². The summed E-state index contributed by atoms with van der Waals surface area (Å²) in [6, 6.07) is 14.8. The first-order chi connectivity index (χ1) is 15.3. The Morgan fingerprint density at radius 1 is 0.781 bits per heavy atom. The van der Waals surface area contributed by atoms with Crippen molar-refractivity contribution in [3.05, 3.63) is 66.7 Å². The summed E-state index contributed by atoms with van der Waals surface area (Å²) in [4.78, 5) is 0. The second kappa shape index (κ2) is 6.25. The maximum Gasteiger partial charge on any atom is 0.494 e. The molecule has 0 N–H and O–H groups in total. The smallest absolute Gasteiger partial charge is 0.455 e. The molecule has 1 saturated heterocycles. The van der Waals surface area contributed by atoms with Crippen molar-refractivity contribution in [3.8, 4) is 0 Å². The van der Waals surface area contributed by atoms with Crippen LogP contribution in [-0.2, 0) is 9.31 Å². The van der Waals surface area contributed by atoms with Crippen molar-refractivity contribution in [2.24, 2.45) is 0 Å². The van der Waals surface area contributed by atoms with Crippen LogP contribution >= 0.6 is 0 Å². The average molecular weight is 420 g/mol. The van der Waals surface area contributed by atoms with E-state index in [4.69, 9.17) is 13.7 Å². The van der Waals surface area contributed by atoms with E-state index in [9.17, 15) is 0 Å². The maximum atomic E-state index is 6.55. The van der Waals surface area contributed by atoms with Crippen LogP contribution in [0.5, 0.6) is 0 Å². The first-order valence-electron chi connectivity index (χ1n) is 11.0. The van der Waals surface area contributed by atoms with E-state index in [-0.39, 0.29) is 0 Å². The molecule has 1 aliphatic heterocycles. The summed E-state index contributed by atoms with van der Waals surface area (Å²) >= 11 is 0. The van der Waals surface area contributed by atoms with Crippen molar-refractivity contribution in [2.75, 3.05) is 0 Å². The lowest BCUT2D eigenvalue weighted by molar-refractivity contribution is 0.00578. The van der Waals surface area contributed by atoms with Gasteiger partial charge < -0.3 is 13.7 Å². The summed E-state index contributed by atoms with van der Waals surface area (Å²) < 4.78 is 19.3. The zero-order valence-electron chi connectivity index (χ0n) is 18.9.